The zero-order valence-electron chi connectivity index (χ0n) is 23.7. The first kappa shape index (κ1) is 28.2. The van der Waals surface area contributed by atoms with Crippen LogP contribution in [0.2, 0.25) is 5.02 Å². The van der Waals surface area contributed by atoms with Gasteiger partial charge in [0.15, 0.2) is 5.65 Å². The second-order valence-electron chi connectivity index (χ2n) is 11.7. The zero-order chi connectivity index (χ0) is 28.7. The maximum atomic E-state index is 13.9. The highest BCUT2D eigenvalue weighted by atomic mass is 35.5. The highest BCUT2D eigenvalue weighted by Crippen LogP contribution is 2.35. The SMILES string of the molecule is Cc1cn2nc(C3CCCCN3C(=O)c3cc(Cl)ccc3NS(C)(=O)=O)cc2nc1N1CCCC1CN1CCCC1. The van der Waals surface area contributed by atoms with E-state index in [0.717, 1.165) is 61.3 Å². The van der Waals surface area contributed by atoms with Gasteiger partial charge in [0.1, 0.15) is 5.82 Å². The van der Waals surface area contributed by atoms with Gasteiger partial charge in [0.2, 0.25) is 10.0 Å². The molecule has 5 heterocycles. The molecule has 1 amide bonds. The number of sulfonamides is 1. The summed E-state index contributed by atoms with van der Waals surface area (Å²) < 4.78 is 28.3. The van der Waals surface area contributed by atoms with Crippen LogP contribution in [0.1, 0.15) is 72.6 Å². The van der Waals surface area contributed by atoms with E-state index in [-0.39, 0.29) is 23.2 Å². The molecule has 3 aromatic rings. The molecule has 1 aromatic carbocycles. The van der Waals surface area contributed by atoms with Gasteiger partial charge < -0.3 is 14.7 Å². The molecule has 0 aliphatic carbocycles. The lowest BCUT2D eigenvalue weighted by Crippen LogP contribution is -2.40. The second-order valence-corrected chi connectivity index (χ2v) is 13.9. The highest BCUT2D eigenvalue weighted by molar-refractivity contribution is 7.92. The van der Waals surface area contributed by atoms with E-state index in [1.807, 2.05) is 16.8 Å². The fourth-order valence-corrected chi connectivity index (χ4v) is 7.41. The summed E-state index contributed by atoms with van der Waals surface area (Å²) in [6, 6.07) is 6.86. The fourth-order valence-electron chi connectivity index (χ4n) is 6.66. The minimum absolute atomic E-state index is 0.220. The Bertz CT molecular complexity index is 1550. The Kier molecular flexibility index (Phi) is 7.86. The molecule has 0 radical (unpaired) electrons. The number of carbonyl (C=O) groups is 1. The summed E-state index contributed by atoms with van der Waals surface area (Å²) >= 11 is 6.24. The summed E-state index contributed by atoms with van der Waals surface area (Å²) in [7, 11) is -3.58. The van der Waals surface area contributed by atoms with E-state index < -0.39 is 10.0 Å². The number of rotatable bonds is 7. The fraction of sp³-hybridized carbons (Fsp3) is 0.552. The number of fused-ring (bicyclic) bond motifs is 1. The first-order valence-electron chi connectivity index (χ1n) is 14.6. The van der Waals surface area contributed by atoms with Crippen LogP contribution >= 0.6 is 11.6 Å². The Morgan fingerprint density at radius 2 is 1.83 bits per heavy atom. The smallest absolute Gasteiger partial charge is 0.256 e. The van der Waals surface area contributed by atoms with Gasteiger partial charge in [-0.3, -0.25) is 9.52 Å². The third-order valence-corrected chi connectivity index (χ3v) is 9.38. The number of aromatic nitrogens is 3. The van der Waals surface area contributed by atoms with Crippen molar-refractivity contribution in [2.75, 3.05) is 48.6 Å². The van der Waals surface area contributed by atoms with Crippen molar-refractivity contribution in [1.82, 2.24) is 24.4 Å². The van der Waals surface area contributed by atoms with Crippen LogP contribution in [0.3, 0.4) is 0 Å². The van der Waals surface area contributed by atoms with Crippen LogP contribution < -0.4 is 9.62 Å². The number of piperidine rings is 1. The number of halogens is 1. The van der Waals surface area contributed by atoms with Gasteiger partial charge in [0, 0.05) is 48.5 Å². The monoisotopic (exact) mass is 599 g/mol. The summed E-state index contributed by atoms with van der Waals surface area (Å²) in [5, 5.41) is 5.26. The van der Waals surface area contributed by atoms with E-state index in [9.17, 15) is 13.2 Å². The number of nitrogens with one attached hydrogen (secondary N) is 1. The van der Waals surface area contributed by atoms with Crippen LogP contribution in [0.5, 0.6) is 0 Å². The average molecular weight is 600 g/mol. The van der Waals surface area contributed by atoms with Gasteiger partial charge in [-0.05, 0) is 83.2 Å². The molecule has 220 valence electrons. The number of anilines is 2. The molecule has 3 fully saturated rings. The first-order valence-corrected chi connectivity index (χ1v) is 16.9. The topological polar surface area (TPSA) is 103 Å². The molecule has 3 aliphatic rings. The van der Waals surface area contributed by atoms with Crippen LogP contribution in [-0.4, -0.2) is 83.7 Å². The Hall–Kier alpha value is -2.89. The van der Waals surface area contributed by atoms with Gasteiger partial charge in [-0.25, -0.2) is 17.9 Å². The molecule has 2 atom stereocenters. The van der Waals surface area contributed by atoms with Gasteiger partial charge >= 0.3 is 0 Å². The lowest BCUT2D eigenvalue weighted by molar-refractivity contribution is 0.0607. The lowest BCUT2D eigenvalue weighted by atomic mass is 9.98. The Morgan fingerprint density at radius 3 is 2.61 bits per heavy atom. The standard InChI is InChI=1S/C29H38ClN7O3S/c1-20-18-37-27(31-28(20)35-15-7-8-22(35)19-34-12-5-6-13-34)17-25(32-37)26-9-3-4-14-36(26)29(38)23-16-21(30)10-11-24(23)33-41(2,39)40/h10-11,16-18,22,26,33H,3-9,12-15,19H2,1-2H3. The second kappa shape index (κ2) is 11.4. The van der Waals surface area contributed by atoms with E-state index >= 15 is 0 Å². The molecule has 0 saturated carbocycles. The predicted octanol–water partition coefficient (Wildman–Crippen LogP) is 4.49. The molecule has 10 nitrogen and oxygen atoms in total. The summed E-state index contributed by atoms with van der Waals surface area (Å²) in [6.07, 6.45) is 10.7. The summed E-state index contributed by atoms with van der Waals surface area (Å²) in [6.45, 7) is 7.14. The number of hydrogen-bond donors (Lipinski definition) is 1. The van der Waals surface area contributed by atoms with Crippen molar-refractivity contribution in [3.05, 3.63) is 52.3 Å². The van der Waals surface area contributed by atoms with Crippen molar-refractivity contribution in [3.63, 3.8) is 0 Å². The van der Waals surface area contributed by atoms with E-state index in [1.165, 1.54) is 50.9 Å². The maximum absolute atomic E-state index is 13.9. The molecule has 41 heavy (non-hydrogen) atoms. The Labute approximate surface area is 246 Å². The number of nitrogens with zero attached hydrogens (tertiary/aromatic N) is 6. The van der Waals surface area contributed by atoms with Crippen molar-refractivity contribution >= 4 is 44.7 Å². The van der Waals surface area contributed by atoms with Crippen molar-refractivity contribution in [2.45, 2.75) is 64.0 Å². The molecular formula is C29H38ClN7O3S. The highest BCUT2D eigenvalue weighted by Gasteiger charge is 2.33. The predicted molar refractivity (Wildman–Crippen MR) is 161 cm³/mol. The van der Waals surface area contributed by atoms with Crippen LogP contribution in [-0.2, 0) is 10.0 Å². The average Bonchev–Trinajstić information content (AvgIpc) is 3.70. The van der Waals surface area contributed by atoms with Crippen molar-refractivity contribution in [1.29, 1.82) is 0 Å². The third-order valence-electron chi connectivity index (χ3n) is 8.55. The Morgan fingerprint density at radius 1 is 1.05 bits per heavy atom. The van der Waals surface area contributed by atoms with E-state index in [4.69, 9.17) is 21.7 Å². The van der Waals surface area contributed by atoms with Crippen molar-refractivity contribution < 1.29 is 13.2 Å². The molecule has 3 saturated heterocycles. The van der Waals surface area contributed by atoms with Crippen molar-refractivity contribution in [3.8, 4) is 0 Å². The van der Waals surface area contributed by atoms with Gasteiger partial charge in [-0.1, -0.05) is 11.6 Å². The van der Waals surface area contributed by atoms with E-state index in [1.54, 1.807) is 11.0 Å². The molecule has 1 N–H and O–H groups in total. The summed E-state index contributed by atoms with van der Waals surface area (Å²) in [5.74, 6) is 0.754. The quantitative estimate of drug-likeness (QED) is 0.427. The molecule has 12 heteroatoms. The molecule has 2 aromatic heterocycles. The summed E-state index contributed by atoms with van der Waals surface area (Å²) in [4.78, 5) is 25.8. The van der Waals surface area contributed by atoms with Crippen LogP contribution in [0.25, 0.3) is 5.65 Å². The molecular weight excluding hydrogens is 562 g/mol. The molecule has 0 spiro atoms. The van der Waals surface area contributed by atoms with Crippen LogP contribution in [0.4, 0.5) is 11.5 Å². The zero-order valence-corrected chi connectivity index (χ0v) is 25.3. The molecule has 3 aliphatic heterocycles. The van der Waals surface area contributed by atoms with E-state index in [0.29, 0.717) is 17.6 Å². The van der Waals surface area contributed by atoms with Gasteiger partial charge in [-0.2, -0.15) is 5.10 Å². The molecule has 0 bridgehead atoms. The van der Waals surface area contributed by atoms with Gasteiger partial charge in [0.25, 0.3) is 5.91 Å². The third kappa shape index (κ3) is 6.03. The minimum atomic E-state index is -3.58. The number of amides is 1. The normalized spacial score (nSPS) is 22.1. The molecule has 6 rings (SSSR count). The molecule has 2 unspecified atom stereocenters. The number of likely N-dealkylation sites (tertiary alicyclic amines) is 2. The number of benzene rings is 1. The van der Waals surface area contributed by atoms with Gasteiger partial charge in [-0.15, -0.1) is 0 Å². The van der Waals surface area contributed by atoms with Gasteiger partial charge in [0.05, 0.1) is 29.2 Å². The lowest BCUT2D eigenvalue weighted by Gasteiger charge is -2.35. The number of hydrogen-bond acceptors (Lipinski definition) is 7. The maximum Gasteiger partial charge on any atom is 0.256 e. The van der Waals surface area contributed by atoms with Crippen LogP contribution in [0, 0.1) is 6.92 Å². The van der Waals surface area contributed by atoms with Crippen LogP contribution in [0.15, 0.2) is 30.5 Å². The Balaban J connectivity index is 1.29. The number of aryl methyl sites for hydroxylation is 1. The van der Waals surface area contributed by atoms with E-state index in [2.05, 4.69) is 21.4 Å². The first-order chi connectivity index (χ1) is 19.7. The summed E-state index contributed by atoms with van der Waals surface area (Å²) in [5.41, 5.74) is 3.10. The number of carbonyl (C=O) groups excluding carboxylic acids is 1. The largest absolute Gasteiger partial charge is 0.352 e. The minimum Gasteiger partial charge on any atom is -0.352 e. The van der Waals surface area contributed by atoms with Crippen molar-refractivity contribution in [2.24, 2.45) is 0 Å².